The van der Waals surface area contributed by atoms with E-state index in [-0.39, 0.29) is 0 Å². The molecule has 0 aliphatic heterocycles. The average molecular weight is 756 g/mol. The van der Waals surface area contributed by atoms with Gasteiger partial charge in [-0.1, -0.05) is 181 Å². The highest BCUT2D eigenvalue weighted by molar-refractivity contribution is 5.17. The smallest absolute Gasteiger partial charge is 0.130 e. The van der Waals surface area contributed by atoms with Crippen LogP contribution in [-0.2, 0) is 0 Å². The Balaban J connectivity index is -0.000000179. The normalized spacial score (nSPS) is 8.82. The topological polar surface area (TPSA) is 64.5 Å². The molecule has 0 saturated carbocycles. The van der Waals surface area contributed by atoms with Crippen molar-refractivity contribution in [3.63, 3.8) is 0 Å². The van der Waals surface area contributed by atoms with Gasteiger partial charge in [0.2, 0.25) is 0 Å². The molecule has 0 bridgehead atoms. The zero-order valence-electron chi connectivity index (χ0n) is 39.2. The summed E-state index contributed by atoms with van der Waals surface area (Å²) in [6, 6.07) is 26.5. The summed E-state index contributed by atoms with van der Waals surface area (Å²) in [5.74, 6) is 3.77. The van der Waals surface area contributed by atoms with Crippen LogP contribution < -0.4 is 0 Å². The molecule has 4 heterocycles. The van der Waals surface area contributed by atoms with Gasteiger partial charge >= 0.3 is 0 Å². The van der Waals surface area contributed by atoms with Crippen molar-refractivity contribution in [2.45, 2.75) is 168 Å². The number of nitrogens with zero attached hydrogens (tertiary/aromatic N) is 5. The number of rotatable bonds is 5. The van der Waals surface area contributed by atoms with Crippen LogP contribution in [0.1, 0.15) is 196 Å². The van der Waals surface area contributed by atoms with Gasteiger partial charge in [0.05, 0.1) is 0 Å². The molecule has 0 N–H and O–H groups in total. The maximum atomic E-state index is 4.18. The van der Waals surface area contributed by atoms with E-state index >= 15 is 0 Å². The third kappa shape index (κ3) is 36.5. The van der Waals surface area contributed by atoms with Gasteiger partial charge in [0.15, 0.2) is 0 Å². The highest BCUT2D eigenvalue weighted by atomic mass is 14.9. The van der Waals surface area contributed by atoms with Crippen LogP contribution in [-0.4, -0.2) is 24.9 Å². The van der Waals surface area contributed by atoms with E-state index in [2.05, 4.69) is 124 Å². The lowest BCUT2D eigenvalue weighted by atomic mass is 10.0. The van der Waals surface area contributed by atoms with Crippen molar-refractivity contribution in [1.82, 2.24) is 24.9 Å². The minimum Gasteiger partial charge on any atom is -0.265 e. The van der Waals surface area contributed by atoms with E-state index < -0.39 is 0 Å². The lowest BCUT2D eigenvalue weighted by Crippen LogP contribution is -1.93. The van der Waals surface area contributed by atoms with Gasteiger partial charge in [-0.3, -0.25) is 15.0 Å². The zero-order chi connectivity index (χ0) is 43.5. The second-order valence-electron chi connectivity index (χ2n) is 12.1. The molecule has 0 aliphatic carbocycles. The van der Waals surface area contributed by atoms with Crippen molar-refractivity contribution in [3.8, 4) is 0 Å². The zero-order valence-corrected chi connectivity index (χ0v) is 39.2. The Hall–Kier alpha value is -4.25. The third-order valence-corrected chi connectivity index (χ3v) is 6.57. The summed E-state index contributed by atoms with van der Waals surface area (Å²) in [4.78, 5) is 20.2. The Bertz CT molecular complexity index is 1090. The van der Waals surface area contributed by atoms with E-state index in [1.54, 1.807) is 18.6 Å². The molecular weight excluding hydrogens is 671 g/mol. The molecule has 0 amide bonds. The van der Waals surface area contributed by atoms with Gasteiger partial charge in [0.25, 0.3) is 0 Å². The Labute approximate surface area is 342 Å². The van der Waals surface area contributed by atoms with Crippen LogP contribution in [0.2, 0.25) is 0 Å². The molecule has 5 rings (SSSR count). The molecule has 0 fully saturated rings. The lowest BCUT2D eigenvalue weighted by Gasteiger charge is -2.01. The van der Waals surface area contributed by atoms with Crippen LogP contribution in [0, 0.1) is 0 Å². The quantitative estimate of drug-likeness (QED) is 0.179. The Morgan fingerprint density at radius 2 is 0.727 bits per heavy atom. The van der Waals surface area contributed by atoms with Gasteiger partial charge < -0.3 is 0 Å². The van der Waals surface area contributed by atoms with E-state index in [4.69, 9.17) is 0 Å². The van der Waals surface area contributed by atoms with Crippen LogP contribution in [0.4, 0.5) is 0 Å². The first-order valence-electron chi connectivity index (χ1n) is 21.0. The highest BCUT2D eigenvalue weighted by Gasteiger charge is 1.98. The molecule has 310 valence electrons. The standard InChI is InChI=1S/C9H12.3C8H11N.C7H10N2.5C2H6/c1-8(2)9-6-4-3-5-7-9;1-7(2)8-3-5-9-6-4-8;1-7(2)8-4-3-5-9-6-8;1-7(2)8-5-3-4-6-9-8;1-6(2)7-8-4-3-5-9-7;5*1-2/h3-8H,1-2H3;3*3-7H,1-2H3;3-6H,1-2H3;5*1-2H3. The van der Waals surface area contributed by atoms with Gasteiger partial charge in [-0.25, -0.2) is 9.97 Å². The van der Waals surface area contributed by atoms with Crippen molar-refractivity contribution in [2.75, 3.05) is 0 Å². The van der Waals surface area contributed by atoms with Gasteiger partial charge in [-0.15, -0.1) is 0 Å². The van der Waals surface area contributed by atoms with Crippen molar-refractivity contribution < 1.29 is 0 Å². The minimum absolute atomic E-state index is 0.436. The number of hydrogen-bond acceptors (Lipinski definition) is 5. The van der Waals surface area contributed by atoms with E-state index in [1.807, 2.05) is 143 Å². The van der Waals surface area contributed by atoms with Gasteiger partial charge in [-0.2, -0.15) is 0 Å². The van der Waals surface area contributed by atoms with Crippen LogP contribution in [0.5, 0.6) is 0 Å². The molecule has 0 radical (unpaired) electrons. The molecule has 0 atom stereocenters. The van der Waals surface area contributed by atoms with Gasteiger partial charge in [-0.05, 0) is 76.8 Å². The van der Waals surface area contributed by atoms with E-state index in [1.165, 1.54) is 16.7 Å². The molecule has 1 aromatic carbocycles. The average Bonchev–Trinajstić information content (AvgIpc) is 3.27. The predicted octanol–water partition coefficient (Wildman–Crippen LogP) is 16.2. The maximum Gasteiger partial charge on any atom is 0.130 e. The van der Waals surface area contributed by atoms with Crippen LogP contribution in [0.25, 0.3) is 0 Å². The SMILES string of the molecule is CC.CC.CC.CC.CC.CC(C)c1ccccc1.CC(C)c1ccccn1.CC(C)c1cccnc1.CC(C)c1ccncc1.CC(C)c1ncccn1. The Morgan fingerprint density at radius 3 is 1.00 bits per heavy atom. The van der Waals surface area contributed by atoms with Gasteiger partial charge in [0.1, 0.15) is 5.82 Å². The second kappa shape index (κ2) is 45.9. The Morgan fingerprint density at radius 1 is 0.309 bits per heavy atom. The molecule has 4 aromatic heterocycles. The van der Waals surface area contributed by atoms with Crippen molar-refractivity contribution in [3.05, 3.63) is 150 Å². The molecule has 0 aliphatic rings. The molecule has 5 aromatic rings. The van der Waals surface area contributed by atoms with Crippen molar-refractivity contribution in [2.24, 2.45) is 0 Å². The first kappa shape index (κ1) is 60.0. The molecule has 0 spiro atoms. The highest BCUT2D eigenvalue weighted by Crippen LogP contribution is 2.13. The van der Waals surface area contributed by atoms with E-state index in [0.29, 0.717) is 29.6 Å². The lowest BCUT2D eigenvalue weighted by molar-refractivity contribution is 0.774. The second-order valence-corrected chi connectivity index (χ2v) is 12.1. The summed E-state index contributed by atoms with van der Waals surface area (Å²) >= 11 is 0. The summed E-state index contributed by atoms with van der Waals surface area (Å²) in [6.07, 6.45) is 12.7. The largest absolute Gasteiger partial charge is 0.265 e. The number of pyridine rings is 3. The van der Waals surface area contributed by atoms with Crippen LogP contribution in [0.3, 0.4) is 0 Å². The number of hydrogen-bond donors (Lipinski definition) is 0. The minimum atomic E-state index is 0.436. The van der Waals surface area contributed by atoms with Gasteiger partial charge in [0, 0.05) is 55.0 Å². The first-order valence-corrected chi connectivity index (χ1v) is 21.0. The molecule has 0 unspecified atom stereocenters. The molecule has 5 heteroatoms. The van der Waals surface area contributed by atoms with Crippen LogP contribution in [0.15, 0.2) is 122 Å². The fraction of sp³-hybridized carbons (Fsp3) is 0.500. The molecule has 5 nitrogen and oxygen atoms in total. The summed E-state index contributed by atoms with van der Waals surface area (Å²) in [7, 11) is 0. The summed E-state index contributed by atoms with van der Waals surface area (Å²) in [6.45, 7) is 41.5. The predicted molar refractivity (Wildman–Crippen MR) is 248 cm³/mol. The fourth-order valence-corrected chi connectivity index (χ4v) is 3.63. The van der Waals surface area contributed by atoms with E-state index in [9.17, 15) is 0 Å². The summed E-state index contributed by atoms with van der Waals surface area (Å²) < 4.78 is 0. The third-order valence-electron chi connectivity index (χ3n) is 6.57. The molecule has 0 saturated heterocycles. The summed E-state index contributed by atoms with van der Waals surface area (Å²) in [5.41, 5.74) is 5.23. The summed E-state index contributed by atoms with van der Waals surface area (Å²) in [5, 5.41) is 0. The van der Waals surface area contributed by atoms with Crippen LogP contribution >= 0.6 is 0 Å². The molecular formula is C50H85N5. The maximum absolute atomic E-state index is 4.18. The number of aromatic nitrogens is 5. The first-order chi connectivity index (χ1) is 26.5. The fourth-order valence-electron chi connectivity index (χ4n) is 3.63. The van der Waals surface area contributed by atoms with Crippen molar-refractivity contribution in [1.29, 1.82) is 0 Å². The number of benzene rings is 1. The monoisotopic (exact) mass is 756 g/mol. The van der Waals surface area contributed by atoms with Crippen molar-refractivity contribution >= 4 is 0 Å². The Kier molecular flexibility index (Phi) is 50.1. The van der Waals surface area contributed by atoms with E-state index in [0.717, 1.165) is 11.5 Å². The molecule has 55 heavy (non-hydrogen) atoms.